The van der Waals surface area contributed by atoms with E-state index in [-0.39, 0.29) is 23.3 Å². The van der Waals surface area contributed by atoms with E-state index in [1.165, 1.54) is 6.92 Å². The number of H-pyrrole nitrogens is 2. The summed E-state index contributed by atoms with van der Waals surface area (Å²) in [6, 6.07) is 14.3. The van der Waals surface area contributed by atoms with Crippen LogP contribution in [0.1, 0.15) is 28.7 Å². The van der Waals surface area contributed by atoms with Crippen LogP contribution in [0.3, 0.4) is 0 Å². The summed E-state index contributed by atoms with van der Waals surface area (Å²) in [6.07, 6.45) is 3.22. The number of hydrogen-bond donors (Lipinski definition) is 3. The monoisotopic (exact) mass is 459 g/mol. The van der Waals surface area contributed by atoms with Gasteiger partial charge in [0.25, 0.3) is 0 Å². The molecule has 0 atom stereocenters. The maximum Gasteiger partial charge on any atom is 0.217 e. The number of halogens is 1. The van der Waals surface area contributed by atoms with Crippen molar-refractivity contribution in [2.45, 2.75) is 13.5 Å². The standard InChI is InChI=1S/C24H18ClN5O3/c1-13(31)26-12-20-29-19-11-28-24-21(22(19)30-20)17(10-27-24)23(32)16-8-7-15(9-18(16)25)33-14-5-3-2-4-6-14/h2-11H,12H2,1H3,(H,26,31)(H,27,28)(H,29,30). The van der Waals surface area contributed by atoms with E-state index in [0.717, 1.165) is 0 Å². The molecule has 3 aromatic heterocycles. The number of imidazole rings is 1. The highest BCUT2D eigenvalue weighted by Gasteiger charge is 2.21. The highest BCUT2D eigenvalue weighted by Crippen LogP contribution is 2.31. The lowest BCUT2D eigenvalue weighted by atomic mass is 10.0. The first kappa shape index (κ1) is 20.7. The molecular formula is C24H18ClN5O3. The van der Waals surface area contributed by atoms with E-state index < -0.39 is 0 Å². The lowest BCUT2D eigenvalue weighted by Gasteiger charge is -2.08. The zero-order valence-electron chi connectivity index (χ0n) is 17.5. The predicted octanol–water partition coefficient (Wildman–Crippen LogP) is 4.75. The largest absolute Gasteiger partial charge is 0.457 e. The second kappa shape index (κ2) is 8.40. The number of nitrogens with zero attached hydrogens (tertiary/aromatic N) is 2. The maximum atomic E-state index is 13.4. The molecule has 0 unspecified atom stereocenters. The Hall–Kier alpha value is -4.17. The third kappa shape index (κ3) is 4.04. The molecule has 0 fully saturated rings. The maximum absolute atomic E-state index is 13.4. The van der Waals surface area contributed by atoms with E-state index >= 15 is 0 Å². The number of para-hydroxylation sites is 1. The topological polar surface area (TPSA) is 113 Å². The SMILES string of the molecule is CC(=O)NCc1nc2cnc3[nH]cc(C(=O)c4ccc(Oc5ccccc5)cc4Cl)c3c2[nH]1. The Balaban J connectivity index is 1.50. The van der Waals surface area contributed by atoms with Crippen LogP contribution in [0.25, 0.3) is 22.1 Å². The normalized spacial score (nSPS) is 11.1. The summed E-state index contributed by atoms with van der Waals surface area (Å²) in [4.78, 5) is 39.7. The van der Waals surface area contributed by atoms with Gasteiger partial charge in [-0.15, -0.1) is 0 Å². The number of benzene rings is 2. The fourth-order valence-corrected chi connectivity index (χ4v) is 3.86. The molecule has 0 aliphatic rings. The number of fused-ring (bicyclic) bond motifs is 3. The number of carbonyl (C=O) groups excluding carboxylic acids is 2. The van der Waals surface area contributed by atoms with E-state index in [9.17, 15) is 9.59 Å². The summed E-state index contributed by atoms with van der Waals surface area (Å²) in [7, 11) is 0. The molecule has 0 radical (unpaired) electrons. The van der Waals surface area contributed by atoms with Crippen molar-refractivity contribution in [1.29, 1.82) is 0 Å². The van der Waals surface area contributed by atoms with Crippen molar-refractivity contribution in [3.05, 3.63) is 82.9 Å². The third-order valence-electron chi connectivity index (χ3n) is 5.12. The van der Waals surface area contributed by atoms with Crippen LogP contribution < -0.4 is 10.1 Å². The Morgan fingerprint density at radius 3 is 2.67 bits per heavy atom. The summed E-state index contributed by atoms with van der Waals surface area (Å²) in [5.41, 5.74) is 2.55. The zero-order chi connectivity index (χ0) is 22.9. The molecule has 5 aromatic rings. The molecule has 0 aliphatic carbocycles. The number of aromatic nitrogens is 4. The Morgan fingerprint density at radius 2 is 1.91 bits per heavy atom. The van der Waals surface area contributed by atoms with Crippen molar-refractivity contribution in [1.82, 2.24) is 25.3 Å². The van der Waals surface area contributed by atoms with E-state index in [0.29, 0.717) is 50.5 Å². The molecular weight excluding hydrogens is 442 g/mol. The van der Waals surface area contributed by atoms with Gasteiger partial charge in [0.1, 0.15) is 28.5 Å². The lowest BCUT2D eigenvalue weighted by Crippen LogP contribution is -2.19. The van der Waals surface area contributed by atoms with Crippen LogP contribution in [0.4, 0.5) is 0 Å². The summed E-state index contributed by atoms with van der Waals surface area (Å²) >= 11 is 6.46. The van der Waals surface area contributed by atoms with Crippen LogP contribution in [0.2, 0.25) is 5.02 Å². The molecule has 2 aromatic carbocycles. The minimum Gasteiger partial charge on any atom is -0.457 e. The van der Waals surface area contributed by atoms with Gasteiger partial charge in [-0.25, -0.2) is 9.97 Å². The minimum atomic E-state index is -0.259. The molecule has 9 heteroatoms. The Bertz CT molecular complexity index is 1510. The highest BCUT2D eigenvalue weighted by atomic mass is 35.5. The van der Waals surface area contributed by atoms with E-state index in [1.54, 1.807) is 30.6 Å². The molecule has 0 saturated heterocycles. The van der Waals surface area contributed by atoms with Crippen LogP contribution in [0, 0.1) is 0 Å². The number of aromatic amines is 2. The van der Waals surface area contributed by atoms with E-state index in [2.05, 4.69) is 25.3 Å². The minimum absolute atomic E-state index is 0.162. The first-order valence-electron chi connectivity index (χ1n) is 10.2. The Labute approximate surface area is 193 Å². The smallest absolute Gasteiger partial charge is 0.217 e. The fraction of sp³-hybridized carbons (Fsp3) is 0.0833. The summed E-state index contributed by atoms with van der Waals surface area (Å²) in [6.45, 7) is 1.68. The van der Waals surface area contributed by atoms with Gasteiger partial charge >= 0.3 is 0 Å². The van der Waals surface area contributed by atoms with Crippen molar-refractivity contribution in [3.8, 4) is 11.5 Å². The van der Waals surface area contributed by atoms with Gasteiger partial charge in [0.2, 0.25) is 5.91 Å². The average molecular weight is 460 g/mol. The Morgan fingerprint density at radius 1 is 1.09 bits per heavy atom. The average Bonchev–Trinajstić information content (AvgIpc) is 3.42. The van der Waals surface area contributed by atoms with Crippen LogP contribution in [0.15, 0.2) is 60.9 Å². The predicted molar refractivity (Wildman–Crippen MR) is 125 cm³/mol. The molecule has 3 heterocycles. The summed E-state index contributed by atoms with van der Waals surface area (Å²) in [5.74, 6) is 1.35. The summed E-state index contributed by atoms with van der Waals surface area (Å²) in [5, 5.41) is 3.59. The van der Waals surface area contributed by atoms with Crippen molar-refractivity contribution in [2.24, 2.45) is 0 Å². The van der Waals surface area contributed by atoms with Gasteiger partial charge in [-0.05, 0) is 24.3 Å². The van der Waals surface area contributed by atoms with Gasteiger partial charge in [-0.1, -0.05) is 29.8 Å². The zero-order valence-corrected chi connectivity index (χ0v) is 18.2. The summed E-state index contributed by atoms with van der Waals surface area (Å²) < 4.78 is 5.80. The Kier molecular flexibility index (Phi) is 5.27. The quantitative estimate of drug-likeness (QED) is 0.317. The number of rotatable bonds is 6. The molecule has 1 amide bonds. The number of nitrogens with one attached hydrogen (secondary N) is 3. The van der Waals surface area contributed by atoms with Gasteiger partial charge < -0.3 is 20.0 Å². The molecule has 8 nitrogen and oxygen atoms in total. The van der Waals surface area contributed by atoms with Gasteiger partial charge in [0.05, 0.1) is 34.2 Å². The highest BCUT2D eigenvalue weighted by molar-refractivity contribution is 6.36. The van der Waals surface area contributed by atoms with Crippen molar-refractivity contribution in [2.75, 3.05) is 0 Å². The number of pyridine rings is 1. The number of ether oxygens (including phenoxy) is 1. The number of ketones is 1. The number of hydrogen-bond acceptors (Lipinski definition) is 5. The van der Waals surface area contributed by atoms with Gasteiger partial charge in [0.15, 0.2) is 5.78 Å². The van der Waals surface area contributed by atoms with Gasteiger partial charge in [-0.3, -0.25) is 9.59 Å². The number of carbonyl (C=O) groups is 2. The molecule has 0 saturated carbocycles. The number of amides is 1. The molecule has 164 valence electrons. The van der Waals surface area contributed by atoms with Crippen molar-refractivity contribution in [3.63, 3.8) is 0 Å². The van der Waals surface area contributed by atoms with Gasteiger partial charge in [-0.2, -0.15) is 0 Å². The third-order valence-corrected chi connectivity index (χ3v) is 5.43. The molecule has 0 spiro atoms. The fourth-order valence-electron chi connectivity index (χ4n) is 3.60. The van der Waals surface area contributed by atoms with Crippen LogP contribution in [-0.2, 0) is 11.3 Å². The molecule has 0 aliphatic heterocycles. The second-order valence-electron chi connectivity index (χ2n) is 7.42. The molecule has 33 heavy (non-hydrogen) atoms. The van der Waals surface area contributed by atoms with E-state index in [1.807, 2.05) is 30.3 Å². The molecule has 0 bridgehead atoms. The second-order valence-corrected chi connectivity index (χ2v) is 7.83. The van der Waals surface area contributed by atoms with Gasteiger partial charge in [0, 0.05) is 24.8 Å². The van der Waals surface area contributed by atoms with E-state index in [4.69, 9.17) is 16.3 Å². The molecule has 5 rings (SSSR count). The first-order chi connectivity index (χ1) is 16.0. The van der Waals surface area contributed by atoms with Crippen molar-refractivity contribution >= 4 is 45.4 Å². The van der Waals surface area contributed by atoms with Crippen LogP contribution in [0.5, 0.6) is 11.5 Å². The van der Waals surface area contributed by atoms with Crippen molar-refractivity contribution < 1.29 is 14.3 Å². The lowest BCUT2D eigenvalue weighted by molar-refractivity contribution is -0.119. The molecule has 3 N–H and O–H groups in total. The first-order valence-corrected chi connectivity index (χ1v) is 10.5. The van der Waals surface area contributed by atoms with Crippen LogP contribution in [-0.4, -0.2) is 31.6 Å². The van der Waals surface area contributed by atoms with Crippen LogP contribution >= 0.6 is 11.6 Å².